The minimum Gasteiger partial charge on any atom is -0.507 e. The second-order valence-electron chi connectivity index (χ2n) is 8.73. The molecule has 0 heterocycles. The van der Waals surface area contributed by atoms with Gasteiger partial charge in [-0.1, -0.05) is 75.6 Å². The number of rotatable bonds is 12. The standard InChI is InChI=1S/C18H26O3.C14H12O3/c1-4-6-7-15(5-2)14-21-18(19)13-10-16-8-11-17(20-3)12-9-16;1-17-11-7-8-12(13(15)9-11)14(16)10-5-3-2-4-6-10/h8-13,15H,4-7,14H2,1-3H3;2-9,15H,1H3. The van der Waals surface area contributed by atoms with Gasteiger partial charge in [0.05, 0.1) is 26.4 Å². The highest BCUT2D eigenvalue weighted by Crippen LogP contribution is 2.25. The van der Waals surface area contributed by atoms with Crippen LogP contribution in [0.25, 0.3) is 6.08 Å². The number of esters is 1. The van der Waals surface area contributed by atoms with Gasteiger partial charge < -0.3 is 19.3 Å². The predicted molar refractivity (Wildman–Crippen MR) is 151 cm³/mol. The lowest BCUT2D eigenvalue weighted by Crippen LogP contribution is -2.12. The van der Waals surface area contributed by atoms with E-state index in [9.17, 15) is 14.7 Å². The molecule has 0 bridgehead atoms. The molecular formula is C32H38O6. The summed E-state index contributed by atoms with van der Waals surface area (Å²) in [5, 5.41) is 9.75. The van der Waals surface area contributed by atoms with E-state index in [1.807, 2.05) is 30.3 Å². The molecule has 3 aromatic carbocycles. The average Bonchev–Trinajstić information content (AvgIpc) is 2.96. The number of methoxy groups -OCH3 is 2. The Morgan fingerprint density at radius 3 is 2.13 bits per heavy atom. The van der Waals surface area contributed by atoms with Gasteiger partial charge in [0.15, 0.2) is 5.78 Å². The smallest absolute Gasteiger partial charge is 0.330 e. The Labute approximate surface area is 225 Å². The van der Waals surface area contributed by atoms with Crippen molar-refractivity contribution in [3.63, 3.8) is 0 Å². The quantitative estimate of drug-likeness (QED) is 0.156. The van der Waals surface area contributed by atoms with Crippen molar-refractivity contribution in [1.82, 2.24) is 0 Å². The third-order valence-electron chi connectivity index (χ3n) is 6.02. The number of benzene rings is 3. The molecule has 0 aliphatic rings. The first-order valence-electron chi connectivity index (χ1n) is 12.9. The van der Waals surface area contributed by atoms with Crippen molar-refractivity contribution < 1.29 is 28.9 Å². The average molecular weight is 519 g/mol. The van der Waals surface area contributed by atoms with E-state index in [0.29, 0.717) is 23.8 Å². The molecule has 3 rings (SSSR count). The van der Waals surface area contributed by atoms with Gasteiger partial charge in [0.2, 0.25) is 0 Å². The van der Waals surface area contributed by atoms with Crippen molar-refractivity contribution in [3.05, 3.63) is 95.6 Å². The van der Waals surface area contributed by atoms with Crippen molar-refractivity contribution in [2.45, 2.75) is 39.5 Å². The van der Waals surface area contributed by atoms with Crippen LogP contribution in [-0.2, 0) is 9.53 Å². The molecule has 1 atom stereocenters. The number of aromatic hydroxyl groups is 1. The summed E-state index contributed by atoms with van der Waals surface area (Å²) in [4.78, 5) is 23.8. The lowest BCUT2D eigenvalue weighted by molar-refractivity contribution is -0.139. The molecular weight excluding hydrogens is 480 g/mol. The molecule has 1 N–H and O–H groups in total. The van der Waals surface area contributed by atoms with Gasteiger partial charge in [-0.2, -0.15) is 0 Å². The largest absolute Gasteiger partial charge is 0.507 e. The molecule has 0 amide bonds. The Hall–Kier alpha value is -4.06. The topological polar surface area (TPSA) is 82.1 Å². The van der Waals surface area contributed by atoms with Crippen LogP contribution < -0.4 is 9.47 Å². The van der Waals surface area contributed by atoms with Gasteiger partial charge in [-0.15, -0.1) is 0 Å². The molecule has 0 saturated carbocycles. The van der Waals surface area contributed by atoms with E-state index in [-0.39, 0.29) is 23.1 Å². The van der Waals surface area contributed by atoms with E-state index >= 15 is 0 Å². The van der Waals surface area contributed by atoms with Crippen LogP contribution in [0.4, 0.5) is 0 Å². The molecule has 3 aromatic rings. The first-order valence-corrected chi connectivity index (χ1v) is 12.9. The third-order valence-corrected chi connectivity index (χ3v) is 6.02. The van der Waals surface area contributed by atoms with Gasteiger partial charge in [-0.25, -0.2) is 4.79 Å². The zero-order chi connectivity index (χ0) is 27.8. The van der Waals surface area contributed by atoms with Crippen molar-refractivity contribution >= 4 is 17.8 Å². The number of hydrogen-bond donors (Lipinski definition) is 1. The molecule has 0 saturated heterocycles. The zero-order valence-electron chi connectivity index (χ0n) is 22.7. The van der Waals surface area contributed by atoms with Crippen LogP contribution >= 0.6 is 0 Å². The van der Waals surface area contributed by atoms with Gasteiger partial charge in [0.25, 0.3) is 0 Å². The van der Waals surface area contributed by atoms with Crippen molar-refractivity contribution in [2.75, 3.05) is 20.8 Å². The summed E-state index contributed by atoms with van der Waals surface area (Å²) in [6.07, 6.45) is 7.79. The third kappa shape index (κ3) is 10.1. The minimum atomic E-state index is -0.277. The van der Waals surface area contributed by atoms with Crippen LogP contribution in [0.15, 0.2) is 78.9 Å². The van der Waals surface area contributed by atoms with E-state index in [0.717, 1.165) is 24.2 Å². The summed E-state index contributed by atoms with van der Waals surface area (Å²) >= 11 is 0. The van der Waals surface area contributed by atoms with Gasteiger partial charge >= 0.3 is 5.97 Å². The van der Waals surface area contributed by atoms with Gasteiger partial charge in [-0.05, 0) is 48.2 Å². The number of unbranched alkanes of at least 4 members (excludes halogenated alkanes) is 1. The summed E-state index contributed by atoms with van der Waals surface area (Å²) in [5.74, 6) is 1.25. The highest BCUT2D eigenvalue weighted by Gasteiger charge is 2.13. The molecule has 0 aliphatic carbocycles. The highest BCUT2D eigenvalue weighted by molar-refractivity contribution is 6.10. The van der Waals surface area contributed by atoms with E-state index in [1.54, 1.807) is 49.6 Å². The van der Waals surface area contributed by atoms with Crippen molar-refractivity contribution in [1.29, 1.82) is 0 Å². The summed E-state index contributed by atoms with van der Waals surface area (Å²) in [5.41, 5.74) is 1.77. The van der Waals surface area contributed by atoms with Crippen LogP contribution in [0.5, 0.6) is 17.2 Å². The number of phenolic OH excluding ortho intramolecular Hbond substituents is 1. The number of hydrogen-bond acceptors (Lipinski definition) is 6. The first kappa shape index (κ1) is 30.2. The Morgan fingerprint density at radius 2 is 1.55 bits per heavy atom. The number of carbonyl (C=O) groups is 2. The fourth-order valence-corrected chi connectivity index (χ4v) is 3.60. The molecule has 0 aromatic heterocycles. The van der Waals surface area contributed by atoms with E-state index in [1.165, 1.54) is 32.1 Å². The Bertz CT molecular complexity index is 1150. The SMILES string of the molecule is CCCCC(CC)COC(=O)C=Cc1ccc(OC)cc1.COc1ccc(C(=O)c2ccccc2)c(O)c1. The van der Waals surface area contributed by atoms with Crippen molar-refractivity contribution in [2.24, 2.45) is 5.92 Å². The number of phenols is 1. The van der Waals surface area contributed by atoms with Gasteiger partial charge in [0.1, 0.15) is 17.2 Å². The fraction of sp³-hybridized carbons (Fsp3) is 0.312. The van der Waals surface area contributed by atoms with Crippen molar-refractivity contribution in [3.8, 4) is 17.2 Å². The summed E-state index contributed by atoms with van der Waals surface area (Å²) in [7, 11) is 3.14. The molecule has 0 radical (unpaired) electrons. The maximum absolute atomic E-state index is 12.1. The minimum absolute atomic E-state index is 0.0711. The summed E-state index contributed by atoms with van der Waals surface area (Å²) < 4.78 is 15.4. The Balaban J connectivity index is 0.000000272. The molecule has 38 heavy (non-hydrogen) atoms. The monoisotopic (exact) mass is 518 g/mol. The molecule has 0 aliphatic heterocycles. The Morgan fingerprint density at radius 1 is 0.895 bits per heavy atom. The maximum Gasteiger partial charge on any atom is 0.330 e. The lowest BCUT2D eigenvalue weighted by atomic mass is 10.0. The van der Waals surface area contributed by atoms with E-state index < -0.39 is 0 Å². The van der Waals surface area contributed by atoms with Crippen LogP contribution in [0.1, 0.15) is 61.0 Å². The summed E-state index contributed by atoms with van der Waals surface area (Å²) in [6.45, 7) is 4.83. The van der Waals surface area contributed by atoms with Crippen LogP contribution in [0.2, 0.25) is 0 Å². The second kappa shape index (κ2) is 16.6. The van der Waals surface area contributed by atoms with Crippen LogP contribution in [0, 0.1) is 5.92 Å². The normalized spacial score (nSPS) is 11.3. The number of ketones is 1. The predicted octanol–water partition coefficient (Wildman–Crippen LogP) is 7.10. The fourth-order valence-electron chi connectivity index (χ4n) is 3.60. The molecule has 1 unspecified atom stereocenters. The van der Waals surface area contributed by atoms with Crippen LogP contribution in [-0.4, -0.2) is 37.7 Å². The Kier molecular flexibility index (Phi) is 13.2. The number of ether oxygens (including phenoxy) is 3. The molecule has 0 spiro atoms. The van der Waals surface area contributed by atoms with E-state index in [2.05, 4.69) is 13.8 Å². The molecule has 0 fully saturated rings. The lowest BCUT2D eigenvalue weighted by Gasteiger charge is -2.13. The zero-order valence-corrected chi connectivity index (χ0v) is 22.7. The van der Waals surface area contributed by atoms with E-state index in [4.69, 9.17) is 14.2 Å². The molecule has 6 heteroatoms. The first-order chi connectivity index (χ1) is 18.4. The van der Waals surface area contributed by atoms with Gasteiger partial charge in [-0.3, -0.25) is 4.79 Å². The highest BCUT2D eigenvalue weighted by atomic mass is 16.5. The second-order valence-corrected chi connectivity index (χ2v) is 8.73. The van der Waals surface area contributed by atoms with Gasteiger partial charge in [0, 0.05) is 17.7 Å². The summed E-state index contributed by atoms with van der Waals surface area (Å²) in [6, 6.07) is 21.0. The van der Waals surface area contributed by atoms with Crippen LogP contribution in [0.3, 0.4) is 0 Å². The molecule has 202 valence electrons. The number of carbonyl (C=O) groups excluding carboxylic acids is 2. The maximum atomic E-state index is 12.1. The molecule has 6 nitrogen and oxygen atoms in total.